The number of nitrogens with one attached hydrogen (secondary N) is 1. The van der Waals surface area contributed by atoms with E-state index < -0.39 is 0 Å². The van der Waals surface area contributed by atoms with E-state index in [2.05, 4.69) is 50.8 Å². The Kier molecular flexibility index (Phi) is 5.69. The summed E-state index contributed by atoms with van der Waals surface area (Å²) in [6, 6.07) is 6.16. The Morgan fingerprint density at radius 2 is 2.05 bits per heavy atom. The highest BCUT2D eigenvalue weighted by molar-refractivity contribution is 14.1. The number of carbonyl (C=O) groups is 1. The summed E-state index contributed by atoms with van der Waals surface area (Å²) in [6.07, 6.45) is 6.15. The quantitative estimate of drug-likeness (QED) is 0.527. The zero-order chi connectivity index (χ0) is 13.8. The Bertz CT molecular complexity index is 463. The zero-order valence-corrected chi connectivity index (χ0v) is 14.8. The number of carbonyl (C=O) groups excluding carboxylic acids is 1. The summed E-state index contributed by atoms with van der Waals surface area (Å²) >= 11 is 5.65. The van der Waals surface area contributed by atoms with Gasteiger partial charge in [0.1, 0.15) is 0 Å². The van der Waals surface area contributed by atoms with Crippen molar-refractivity contribution in [1.29, 1.82) is 0 Å². The number of rotatable bonds is 2. The second-order valence-corrected chi connectivity index (χ2v) is 7.40. The molecule has 1 N–H and O–H groups in total. The molecule has 1 aromatic carbocycles. The molecule has 2 unspecified atom stereocenters. The van der Waals surface area contributed by atoms with Crippen molar-refractivity contribution in [3.8, 4) is 0 Å². The lowest BCUT2D eigenvalue weighted by atomic mass is 9.96. The van der Waals surface area contributed by atoms with Crippen LogP contribution >= 0.6 is 38.5 Å². The minimum absolute atomic E-state index is 0.0597. The van der Waals surface area contributed by atoms with E-state index in [1.165, 1.54) is 25.7 Å². The van der Waals surface area contributed by atoms with E-state index in [0.29, 0.717) is 12.0 Å². The Morgan fingerprint density at radius 3 is 2.84 bits per heavy atom. The van der Waals surface area contributed by atoms with E-state index in [4.69, 9.17) is 0 Å². The molecule has 0 aliphatic heterocycles. The first kappa shape index (κ1) is 15.3. The maximum Gasteiger partial charge on any atom is 0.252 e. The number of amides is 1. The van der Waals surface area contributed by atoms with Crippen LogP contribution in [0.15, 0.2) is 22.7 Å². The van der Waals surface area contributed by atoms with E-state index in [0.717, 1.165) is 20.0 Å². The summed E-state index contributed by atoms with van der Waals surface area (Å²) in [5, 5.41) is 3.23. The Balaban J connectivity index is 2.09. The first-order valence-corrected chi connectivity index (χ1v) is 8.71. The smallest absolute Gasteiger partial charge is 0.252 e. The zero-order valence-electron chi connectivity index (χ0n) is 11.1. The third kappa shape index (κ3) is 4.18. The van der Waals surface area contributed by atoms with Crippen LogP contribution in [-0.4, -0.2) is 11.9 Å². The molecule has 4 heteroatoms. The molecular weight excluding hydrogens is 417 g/mol. The van der Waals surface area contributed by atoms with Crippen LogP contribution in [0.1, 0.15) is 49.4 Å². The van der Waals surface area contributed by atoms with Gasteiger partial charge in [-0.05, 0) is 59.5 Å². The largest absolute Gasteiger partial charge is 0.349 e. The van der Waals surface area contributed by atoms with Crippen molar-refractivity contribution in [2.75, 3.05) is 0 Å². The molecule has 0 saturated heterocycles. The molecule has 1 aliphatic carbocycles. The van der Waals surface area contributed by atoms with Crippen LogP contribution in [0.25, 0.3) is 0 Å². The summed E-state index contributed by atoms with van der Waals surface area (Å²) < 4.78 is 1.95. The SMILES string of the molecule is CC1CCCCCC1NC(=O)c1cc(Br)ccc1I. The number of hydrogen-bond donors (Lipinski definition) is 1. The van der Waals surface area contributed by atoms with E-state index >= 15 is 0 Å². The van der Waals surface area contributed by atoms with Gasteiger partial charge in [0.15, 0.2) is 0 Å². The van der Waals surface area contributed by atoms with Crippen LogP contribution in [0.2, 0.25) is 0 Å². The highest BCUT2D eigenvalue weighted by Crippen LogP contribution is 2.24. The van der Waals surface area contributed by atoms with Crippen LogP contribution in [0.4, 0.5) is 0 Å². The molecule has 1 aliphatic rings. The number of halogens is 2. The summed E-state index contributed by atoms with van der Waals surface area (Å²) in [6.45, 7) is 2.25. The second kappa shape index (κ2) is 7.07. The summed E-state index contributed by atoms with van der Waals surface area (Å²) in [5.74, 6) is 0.640. The monoisotopic (exact) mass is 435 g/mol. The molecule has 0 spiro atoms. The van der Waals surface area contributed by atoms with Crippen LogP contribution in [0.5, 0.6) is 0 Å². The van der Waals surface area contributed by atoms with E-state index in [1.807, 2.05) is 18.2 Å². The van der Waals surface area contributed by atoms with Crippen molar-refractivity contribution in [3.05, 3.63) is 31.8 Å². The van der Waals surface area contributed by atoms with Crippen molar-refractivity contribution in [3.63, 3.8) is 0 Å². The average molecular weight is 436 g/mol. The fraction of sp³-hybridized carbons (Fsp3) is 0.533. The lowest BCUT2D eigenvalue weighted by Crippen LogP contribution is -2.39. The summed E-state index contributed by atoms with van der Waals surface area (Å²) in [4.78, 5) is 12.4. The van der Waals surface area contributed by atoms with Gasteiger partial charge in [0, 0.05) is 14.1 Å². The maximum atomic E-state index is 12.4. The molecule has 1 aromatic rings. The van der Waals surface area contributed by atoms with E-state index in [-0.39, 0.29) is 5.91 Å². The van der Waals surface area contributed by atoms with Gasteiger partial charge in [-0.1, -0.05) is 42.1 Å². The Hall–Kier alpha value is -0.100. The predicted octanol–water partition coefficient (Wildman–Crippen LogP) is 4.75. The lowest BCUT2D eigenvalue weighted by Gasteiger charge is -2.23. The van der Waals surface area contributed by atoms with E-state index in [1.54, 1.807) is 0 Å². The third-order valence-corrected chi connectivity index (χ3v) is 5.28. The van der Waals surface area contributed by atoms with Crippen molar-refractivity contribution in [2.24, 2.45) is 5.92 Å². The lowest BCUT2D eigenvalue weighted by molar-refractivity contribution is 0.0920. The predicted molar refractivity (Wildman–Crippen MR) is 90.4 cm³/mol. The van der Waals surface area contributed by atoms with Gasteiger partial charge in [0.05, 0.1) is 5.56 Å². The summed E-state index contributed by atoms with van der Waals surface area (Å²) in [7, 11) is 0. The molecule has 2 atom stereocenters. The van der Waals surface area contributed by atoms with Gasteiger partial charge in [0.25, 0.3) is 5.91 Å². The summed E-state index contributed by atoms with van der Waals surface area (Å²) in [5.41, 5.74) is 0.770. The highest BCUT2D eigenvalue weighted by Gasteiger charge is 2.22. The Labute approximate surface area is 137 Å². The third-order valence-electron chi connectivity index (χ3n) is 3.85. The van der Waals surface area contributed by atoms with Crippen molar-refractivity contribution >= 4 is 44.4 Å². The standard InChI is InChI=1S/C15H19BrINO/c1-10-5-3-2-4-6-14(10)18-15(19)12-9-11(16)7-8-13(12)17/h7-10,14H,2-6H2,1H3,(H,18,19). The Morgan fingerprint density at radius 1 is 1.32 bits per heavy atom. The second-order valence-electron chi connectivity index (χ2n) is 5.32. The molecule has 0 radical (unpaired) electrons. The molecule has 1 saturated carbocycles. The van der Waals surface area contributed by atoms with Gasteiger partial charge in [-0.3, -0.25) is 4.79 Å². The van der Waals surface area contributed by atoms with Gasteiger partial charge < -0.3 is 5.32 Å². The topological polar surface area (TPSA) is 29.1 Å². The molecule has 0 heterocycles. The van der Waals surface area contributed by atoms with E-state index in [9.17, 15) is 4.79 Å². The molecule has 0 bridgehead atoms. The van der Waals surface area contributed by atoms with Gasteiger partial charge in [-0.15, -0.1) is 0 Å². The van der Waals surface area contributed by atoms with Crippen LogP contribution in [0, 0.1) is 9.49 Å². The van der Waals surface area contributed by atoms with Gasteiger partial charge in [-0.2, -0.15) is 0 Å². The van der Waals surface area contributed by atoms with Crippen LogP contribution < -0.4 is 5.32 Å². The first-order valence-electron chi connectivity index (χ1n) is 6.84. The highest BCUT2D eigenvalue weighted by atomic mass is 127. The minimum Gasteiger partial charge on any atom is -0.349 e. The molecule has 19 heavy (non-hydrogen) atoms. The van der Waals surface area contributed by atoms with Gasteiger partial charge in [0.2, 0.25) is 0 Å². The van der Waals surface area contributed by atoms with Gasteiger partial charge in [-0.25, -0.2) is 0 Å². The minimum atomic E-state index is 0.0597. The molecule has 2 nitrogen and oxygen atoms in total. The molecule has 0 aromatic heterocycles. The maximum absolute atomic E-state index is 12.4. The van der Waals surface area contributed by atoms with Crippen LogP contribution in [-0.2, 0) is 0 Å². The number of hydrogen-bond acceptors (Lipinski definition) is 1. The fourth-order valence-electron chi connectivity index (χ4n) is 2.63. The molecule has 1 amide bonds. The van der Waals surface area contributed by atoms with Crippen molar-refractivity contribution < 1.29 is 4.79 Å². The number of benzene rings is 1. The molecule has 1 fully saturated rings. The van der Waals surface area contributed by atoms with Crippen molar-refractivity contribution in [2.45, 2.75) is 45.1 Å². The van der Waals surface area contributed by atoms with Gasteiger partial charge >= 0.3 is 0 Å². The molecule has 2 rings (SSSR count). The average Bonchev–Trinajstić information content (AvgIpc) is 2.58. The fourth-order valence-corrected chi connectivity index (χ4v) is 3.57. The first-order chi connectivity index (χ1) is 9.08. The molecule has 104 valence electrons. The molecular formula is C15H19BrINO. The normalized spacial score (nSPS) is 23.7. The van der Waals surface area contributed by atoms with Crippen molar-refractivity contribution in [1.82, 2.24) is 5.32 Å². The van der Waals surface area contributed by atoms with Crippen LogP contribution in [0.3, 0.4) is 0 Å².